The Hall–Kier alpha value is -2.95. The first-order valence-corrected chi connectivity index (χ1v) is 11.8. The molecule has 2 heterocycles. The van der Waals surface area contributed by atoms with Gasteiger partial charge in [0.1, 0.15) is 0 Å². The number of hydrogen-bond acceptors (Lipinski definition) is 2. The highest BCUT2D eigenvalue weighted by atomic mass is 16.2. The fourth-order valence-electron chi connectivity index (χ4n) is 4.09. The zero-order valence-electron chi connectivity index (χ0n) is 19.4. The summed E-state index contributed by atoms with van der Waals surface area (Å²) in [6.07, 6.45) is 12.9. The minimum Gasteiger partial charge on any atom is -0.353 e. The van der Waals surface area contributed by atoms with E-state index in [0.717, 1.165) is 49.9 Å². The zero-order valence-corrected chi connectivity index (χ0v) is 19.4. The summed E-state index contributed by atoms with van der Waals surface area (Å²) in [5.74, 6) is 0.782. The summed E-state index contributed by atoms with van der Waals surface area (Å²) in [5, 5.41) is 2.98. The molecule has 1 aromatic carbocycles. The summed E-state index contributed by atoms with van der Waals surface area (Å²) in [7, 11) is 0. The topological polar surface area (TPSA) is 53.3 Å². The highest BCUT2D eigenvalue weighted by molar-refractivity contribution is 5.94. The number of carbonyl (C=O) groups is 2. The number of hydrogen-bond donors (Lipinski definition) is 1. The predicted molar refractivity (Wildman–Crippen MR) is 128 cm³/mol. The molecule has 0 radical (unpaired) electrons. The van der Waals surface area contributed by atoms with Gasteiger partial charge >= 0.3 is 0 Å². The van der Waals surface area contributed by atoms with E-state index in [1.807, 2.05) is 65.8 Å². The van der Waals surface area contributed by atoms with Crippen molar-refractivity contribution >= 4 is 17.9 Å². The number of carbonyl (C=O) groups excluding carboxylic acids is 2. The van der Waals surface area contributed by atoms with Crippen molar-refractivity contribution in [3.63, 3.8) is 0 Å². The minimum absolute atomic E-state index is 0.0432. The first kappa shape index (κ1) is 23.7. The SMILES string of the molecule is CC(C)[n+]1ccc(/C=C/C(=O)NCCCCC2CCN(C(=O)c3ccccc3)CC2)cc1. The Balaban J connectivity index is 1.27. The first-order valence-electron chi connectivity index (χ1n) is 11.8. The van der Waals surface area contributed by atoms with E-state index in [1.165, 1.54) is 6.42 Å². The first-order chi connectivity index (χ1) is 15.5. The third-order valence-electron chi connectivity index (χ3n) is 6.16. The maximum atomic E-state index is 12.5. The molecule has 3 rings (SSSR count). The maximum Gasteiger partial charge on any atom is 0.253 e. The zero-order chi connectivity index (χ0) is 22.8. The van der Waals surface area contributed by atoms with E-state index in [-0.39, 0.29) is 11.8 Å². The Labute approximate surface area is 192 Å². The number of pyridine rings is 1. The van der Waals surface area contributed by atoms with Crippen LogP contribution in [0.5, 0.6) is 0 Å². The van der Waals surface area contributed by atoms with Crippen molar-refractivity contribution in [2.45, 2.75) is 52.0 Å². The molecule has 0 spiro atoms. The molecule has 2 amide bonds. The van der Waals surface area contributed by atoms with Gasteiger partial charge in [0.25, 0.3) is 5.91 Å². The molecule has 32 heavy (non-hydrogen) atoms. The van der Waals surface area contributed by atoms with Crippen molar-refractivity contribution in [1.29, 1.82) is 0 Å². The van der Waals surface area contributed by atoms with Gasteiger partial charge in [-0.1, -0.05) is 31.0 Å². The number of nitrogens with one attached hydrogen (secondary N) is 1. The Morgan fingerprint density at radius 3 is 2.41 bits per heavy atom. The van der Waals surface area contributed by atoms with Gasteiger partial charge in [0.15, 0.2) is 18.4 Å². The Kier molecular flexibility index (Phi) is 9.02. The highest BCUT2D eigenvalue weighted by Gasteiger charge is 2.23. The van der Waals surface area contributed by atoms with Crippen LogP contribution in [0.2, 0.25) is 0 Å². The van der Waals surface area contributed by atoms with Gasteiger partial charge < -0.3 is 10.2 Å². The molecule has 1 aliphatic heterocycles. The third kappa shape index (κ3) is 7.33. The molecule has 1 N–H and O–H groups in total. The van der Waals surface area contributed by atoms with E-state index in [9.17, 15) is 9.59 Å². The minimum atomic E-state index is -0.0432. The average Bonchev–Trinajstić information content (AvgIpc) is 2.83. The molecular formula is C27H36N3O2+. The smallest absolute Gasteiger partial charge is 0.253 e. The van der Waals surface area contributed by atoms with Crippen LogP contribution in [-0.4, -0.2) is 36.3 Å². The van der Waals surface area contributed by atoms with E-state index >= 15 is 0 Å². The fraction of sp³-hybridized carbons (Fsp3) is 0.444. The van der Waals surface area contributed by atoms with Crippen molar-refractivity contribution < 1.29 is 14.2 Å². The van der Waals surface area contributed by atoms with Crippen molar-refractivity contribution in [3.8, 4) is 0 Å². The molecule has 1 fully saturated rings. The van der Waals surface area contributed by atoms with Crippen molar-refractivity contribution in [1.82, 2.24) is 10.2 Å². The standard InChI is InChI=1S/C27H35N3O2/c1-22(2)29-18-13-24(14-19-29)11-12-26(31)28-17-7-6-8-23-15-20-30(21-16-23)27(32)25-9-4-3-5-10-25/h3-5,9-14,18-19,22-23H,6-8,15-17,20-21H2,1-2H3/p+1/b12-11+. The van der Waals surface area contributed by atoms with Crippen LogP contribution in [0.4, 0.5) is 0 Å². The van der Waals surface area contributed by atoms with Crippen LogP contribution in [-0.2, 0) is 4.79 Å². The average molecular weight is 435 g/mol. The quantitative estimate of drug-likeness (QED) is 0.361. The Morgan fingerprint density at radius 2 is 1.75 bits per heavy atom. The van der Waals surface area contributed by atoms with Gasteiger partial charge in [-0.3, -0.25) is 9.59 Å². The fourth-order valence-corrected chi connectivity index (χ4v) is 4.09. The summed E-state index contributed by atoms with van der Waals surface area (Å²) in [6, 6.07) is 14.0. The second-order valence-electron chi connectivity index (χ2n) is 8.89. The van der Waals surface area contributed by atoms with Gasteiger partial charge in [-0.05, 0) is 62.8 Å². The largest absolute Gasteiger partial charge is 0.353 e. The summed E-state index contributed by atoms with van der Waals surface area (Å²) >= 11 is 0. The molecule has 170 valence electrons. The van der Waals surface area contributed by atoms with Crippen LogP contribution in [0.15, 0.2) is 60.9 Å². The second kappa shape index (κ2) is 12.2. The molecule has 1 aromatic heterocycles. The lowest BCUT2D eigenvalue weighted by molar-refractivity contribution is -0.716. The highest BCUT2D eigenvalue weighted by Crippen LogP contribution is 2.23. The lowest BCUT2D eigenvalue weighted by Crippen LogP contribution is -2.38. The number of piperidine rings is 1. The van der Waals surface area contributed by atoms with Crippen LogP contribution in [0, 0.1) is 5.92 Å². The van der Waals surface area contributed by atoms with Crippen molar-refractivity contribution in [2.75, 3.05) is 19.6 Å². The van der Waals surface area contributed by atoms with Gasteiger partial charge in [-0.2, -0.15) is 0 Å². The molecule has 1 saturated heterocycles. The van der Waals surface area contributed by atoms with Crippen molar-refractivity contribution in [2.24, 2.45) is 5.92 Å². The normalized spacial score (nSPS) is 14.8. The Bertz CT molecular complexity index is 883. The number of aromatic nitrogens is 1. The molecule has 0 unspecified atom stereocenters. The van der Waals surface area contributed by atoms with Crippen LogP contribution < -0.4 is 9.88 Å². The molecule has 5 heteroatoms. The van der Waals surface area contributed by atoms with E-state index in [0.29, 0.717) is 18.5 Å². The summed E-state index contributed by atoms with van der Waals surface area (Å²) < 4.78 is 2.13. The molecule has 2 aromatic rings. The Morgan fingerprint density at radius 1 is 1.06 bits per heavy atom. The van der Waals surface area contributed by atoms with Crippen LogP contribution in [0.1, 0.15) is 67.9 Å². The van der Waals surface area contributed by atoms with Gasteiger partial charge in [0.05, 0.1) is 0 Å². The summed E-state index contributed by atoms with van der Waals surface area (Å²) in [4.78, 5) is 26.5. The molecule has 0 aliphatic carbocycles. The molecule has 1 aliphatic rings. The molecule has 5 nitrogen and oxygen atoms in total. The maximum absolute atomic E-state index is 12.5. The molecular weight excluding hydrogens is 398 g/mol. The van der Waals surface area contributed by atoms with E-state index in [2.05, 4.69) is 23.7 Å². The third-order valence-corrected chi connectivity index (χ3v) is 6.16. The monoisotopic (exact) mass is 434 g/mol. The lowest BCUT2D eigenvalue weighted by Gasteiger charge is -2.32. The predicted octanol–water partition coefficient (Wildman–Crippen LogP) is 4.41. The number of nitrogens with zero attached hydrogens (tertiary/aromatic N) is 2. The summed E-state index contributed by atoms with van der Waals surface area (Å²) in [5.41, 5.74) is 1.80. The number of likely N-dealkylation sites (tertiary alicyclic amines) is 1. The van der Waals surface area contributed by atoms with Crippen LogP contribution in [0.3, 0.4) is 0 Å². The van der Waals surface area contributed by atoms with Gasteiger partial charge in [-0.25, -0.2) is 4.57 Å². The van der Waals surface area contributed by atoms with Gasteiger partial charge in [0.2, 0.25) is 5.91 Å². The number of rotatable bonds is 9. The lowest BCUT2D eigenvalue weighted by atomic mass is 9.91. The van der Waals surface area contributed by atoms with E-state index in [4.69, 9.17) is 0 Å². The number of benzene rings is 1. The van der Waals surface area contributed by atoms with Crippen LogP contribution >= 0.6 is 0 Å². The number of amides is 2. The van der Waals surface area contributed by atoms with Crippen molar-refractivity contribution in [3.05, 3.63) is 72.1 Å². The van der Waals surface area contributed by atoms with Gasteiger partial charge in [0, 0.05) is 43.4 Å². The molecule has 0 saturated carbocycles. The molecule has 0 atom stereocenters. The molecule has 0 bridgehead atoms. The van der Waals surface area contributed by atoms with E-state index in [1.54, 1.807) is 6.08 Å². The summed E-state index contributed by atoms with van der Waals surface area (Å²) in [6.45, 7) is 6.67. The van der Waals surface area contributed by atoms with E-state index < -0.39 is 0 Å². The second-order valence-corrected chi connectivity index (χ2v) is 8.89. The van der Waals surface area contributed by atoms with Crippen LogP contribution in [0.25, 0.3) is 6.08 Å². The number of unbranched alkanes of at least 4 members (excludes halogenated alkanes) is 1. The van der Waals surface area contributed by atoms with Gasteiger partial charge in [-0.15, -0.1) is 0 Å².